The molecular formula is C18H17FN4O5S. The van der Waals surface area contributed by atoms with Gasteiger partial charge in [-0.1, -0.05) is 12.1 Å². The highest BCUT2D eigenvalue weighted by molar-refractivity contribution is 7.90. The largest absolute Gasteiger partial charge is 0.504 e. The van der Waals surface area contributed by atoms with E-state index in [-0.39, 0.29) is 22.5 Å². The van der Waals surface area contributed by atoms with Crippen molar-refractivity contribution in [3.05, 3.63) is 59.2 Å². The van der Waals surface area contributed by atoms with E-state index < -0.39 is 27.6 Å². The van der Waals surface area contributed by atoms with Gasteiger partial charge in [0.15, 0.2) is 17.3 Å². The standard InChI is InChI=1S/C18H17FN4O5S/c1-23(2)29(27,28)22-17-13-8-11(7-10-3-5-12(19)6-4-10)9-20-14(13)16(24)15(21-17)18(25)26/h3-6,8-9,24H,7H2,1-2H3,(H,21,22)(H,25,26). The summed E-state index contributed by atoms with van der Waals surface area (Å²) in [6.45, 7) is 0. The molecular weight excluding hydrogens is 403 g/mol. The lowest BCUT2D eigenvalue weighted by atomic mass is 10.0. The molecule has 11 heteroatoms. The number of halogens is 1. The maximum absolute atomic E-state index is 13.1. The second kappa shape index (κ2) is 7.60. The highest BCUT2D eigenvalue weighted by Crippen LogP contribution is 2.32. The van der Waals surface area contributed by atoms with Crippen LogP contribution in [0.4, 0.5) is 10.2 Å². The van der Waals surface area contributed by atoms with Crippen molar-refractivity contribution in [2.45, 2.75) is 6.42 Å². The van der Waals surface area contributed by atoms with Crippen molar-refractivity contribution < 1.29 is 27.8 Å². The predicted molar refractivity (Wildman–Crippen MR) is 104 cm³/mol. The van der Waals surface area contributed by atoms with Crippen molar-refractivity contribution in [2.24, 2.45) is 0 Å². The van der Waals surface area contributed by atoms with Crippen molar-refractivity contribution in [1.29, 1.82) is 0 Å². The topological polar surface area (TPSA) is 133 Å². The molecule has 29 heavy (non-hydrogen) atoms. The molecule has 152 valence electrons. The normalized spacial score (nSPS) is 11.7. The van der Waals surface area contributed by atoms with Crippen LogP contribution in [0.1, 0.15) is 21.6 Å². The maximum atomic E-state index is 13.1. The van der Waals surface area contributed by atoms with E-state index in [9.17, 15) is 27.8 Å². The number of pyridine rings is 2. The highest BCUT2D eigenvalue weighted by Gasteiger charge is 2.23. The van der Waals surface area contributed by atoms with Crippen LogP contribution in [0.5, 0.6) is 5.75 Å². The van der Waals surface area contributed by atoms with Gasteiger partial charge in [0.05, 0.1) is 0 Å². The van der Waals surface area contributed by atoms with E-state index in [4.69, 9.17) is 0 Å². The number of aromatic carboxylic acids is 1. The number of benzene rings is 1. The molecule has 0 saturated carbocycles. The van der Waals surface area contributed by atoms with Gasteiger partial charge in [0.25, 0.3) is 0 Å². The Morgan fingerprint density at radius 3 is 2.45 bits per heavy atom. The smallest absolute Gasteiger partial charge is 0.358 e. The number of hydrogen-bond acceptors (Lipinski definition) is 6. The number of hydrogen-bond donors (Lipinski definition) is 3. The molecule has 0 saturated heterocycles. The molecule has 3 N–H and O–H groups in total. The van der Waals surface area contributed by atoms with E-state index in [1.807, 2.05) is 0 Å². The van der Waals surface area contributed by atoms with Crippen molar-refractivity contribution in [3.8, 4) is 5.75 Å². The molecule has 0 amide bonds. The van der Waals surface area contributed by atoms with Crippen LogP contribution in [0.3, 0.4) is 0 Å². The molecule has 0 aliphatic carbocycles. The molecule has 0 radical (unpaired) electrons. The molecule has 3 aromatic rings. The number of rotatable bonds is 6. The van der Waals surface area contributed by atoms with E-state index >= 15 is 0 Å². The van der Waals surface area contributed by atoms with Gasteiger partial charge in [0.1, 0.15) is 11.3 Å². The minimum absolute atomic E-state index is 0.114. The zero-order valence-corrected chi connectivity index (χ0v) is 16.2. The van der Waals surface area contributed by atoms with Gasteiger partial charge >= 0.3 is 16.2 Å². The zero-order chi connectivity index (χ0) is 21.3. The zero-order valence-electron chi connectivity index (χ0n) is 15.4. The Hall–Kier alpha value is -3.31. The van der Waals surface area contributed by atoms with Crippen LogP contribution in [0.2, 0.25) is 0 Å². The average Bonchev–Trinajstić information content (AvgIpc) is 2.65. The van der Waals surface area contributed by atoms with Crippen molar-refractivity contribution >= 4 is 32.9 Å². The molecule has 3 rings (SSSR count). The first kappa shape index (κ1) is 20.4. The van der Waals surface area contributed by atoms with E-state index in [1.165, 1.54) is 38.5 Å². The number of carboxylic acids is 1. The van der Waals surface area contributed by atoms with Gasteiger partial charge in [-0.05, 0) is 35.7 Å². The van der Waals surface area contributed by atoms with Crippen molar-refractivity contribution in [1.82, 2.24) is 14.3 Å². The lowest BCUT2D eigenvalue weighted by Gasteiger charge is -2.16. The summed E-state index contributed by atoms with van der Waals surface area (Å²) in [6, 6.07) is 7.36. The monoisotopic (exact) mass is 420 g/mol. The van der Waals surface area contributed by atoms with Crippen molar-refractivity contribution in [3.63, 3.8) is 0 Å². The number of fused-ring (bicyclic) bond motifs is 1. The summed E-state index contributed by atoms with van der Waals surface area (Å²) < 4.78 is 40.6. The first-order chi connectivity index (χ1) is 13.6. The van der Waals surface area contributed by atoms with Crippen LogP contribution in [-0.2, 0) is 16.6 Å². The molecule has 0 aliphatic heterocycles. The quantitative estimate of drug-likeness (QED) is 0.555. The van der Waals surface area contributed by atoms with E-state index in [2.05, 4.69) is 14.7 Å². The summed E-state index contributed by atoms with van der Waals surface area (Å²) in [5, 5.41) is 19.6. The first-order valence-corrected chi connectivity index (χ1v) is 9.72. The Kier molecular flexibility index (Phi) is 5.36. The Balaban J connectivity index is 2.15. The fourth-order valence-corrected chi connectivity index (χ4v) is 3.17. The molecule has 2 heterocycles. The van der Waals surface area contributed by atoms with Crippen LogP contribution in [0.15, 0.2) is 36.5 Å². The van der Waals surface area contributed by atoms with Crippen LogP contribution >= 0.6 is 0 Å². The number of carbonyl (C=O) groups is 1. The van der Waals surface area contributed by atoms with Crippen LogP contribution in [0.25, 0.3) is 10.9 Å². The average molecular weight is 420 g/mol. The van der Waals surface area contributed by atoms with Gasteiger partial charge in [-0.25, -0.2) is 14.2 Å². The molecule has 2 aromatic heterocycles. The third-order valence-electron chi connectivity index (χ3n) is 4.10. The van der Waals surface area contributed by atoms with E-state index in [0.717, 1.165) is 9.87 Å². The fourth-order valence-electron chi connectivity index (χ4n) is 2.59. The Morgan fingerprint density at radius 1 is 1.21 bits per heavy atom. The summed E-state index contributed by atoms with van der Waals surface area (Å²) in [6.07, 6.45) is 1.77. The SMILES string of the molecule is CN(C)S(=O)(=O)Nc1nc(C(=O)O)c(O)c2ncc(Cc3ccc(F)cc3)cc12. The van der Waals surface area contributed by atoms with Gasteiger partial charge in [-0.15, -0.1) is 0 Å². The molecule has 0 atom stereocenters. The number of nitrogens with zero attached hydrogens (tertiary/aromatic N) is 3. The Morgan fingerprint density at radius 2 is 1.86 bits per heavy atom. The summed E-state index contributed by atoms with van der Waals surface area (Å²) >= 11 is 0. The van der Waals surface area contributed by atoms with Gasteiger partial charge < -0.3 is 10.2 Å². The first-order valence-electron chi connectivity index (χ1n) is 8.28. The maximum Gasteiger partial charge on any atom is 0.358 e. The molecule has 0 unspecified atom stereocenters. The van der Waals surface area contributed by atoms with E-state index in [0.29, 0.717) is 12.0 Å². The number of carboxylic acid groups (broad SMARTS) is 1. The number of aromatic nitrogens is 2. The van der Waals surface area contributed by atoms with Crippen molar-refractivity contribution in [2.75, 3.05) is 18.8 Å². The molecule has 0 fully saturated rings. The molecule has 9 nitrogen and oxygen atoms in total. The van der Waals surface area contributed by atoms with Gasteiger partial charge in [0, 0.05) is 25.7 Å². The van der Waals surface area contributed by atoms with Gasteiger partial charge in [-0.2, -0.15) is 12.7 Å². The second-order valence-electron chi connectivity index (χ2n) is 6.40. The predicted octanol–water partition coefficient (Wildman–Crippen LogP) is 1.98. The summed E-state index contributed by atoms with van der Waals surface area (Å²) in [5.41, 5.74) is 0.561. The summed E-state index contributed by atoms with van der Waals surface area (Å²) in [5.74, 6) is -2.86. The third-order valence-corrected chi connectivity index (χ3v) is 5.51. The minimum atomic E-state index is -4.00. The third kappa shape index (κ3) is 4.25. The molecule has 0 spiro atoms. The van der Waals surface area contributed by atoms with Gasteiger partial charge in [0.2, 0.25) is 0 Å². The number of aromatic hydroxyl groups is 1. The Bertz CT molecular complexity index is 1200. The molecule has 1 aromatic carbocycles. The Labute approximate surface area is 165 Å². The van der Waals surface area contributed by atoms with Crippen LogP contribution < -0.4 is 4.72 Å². The second-order valence-corrected chi connectivity index (χ2v) is 8.28. The molecule has 0 aliphatic rings. The lowest BCUT2D eigenvalue weighted by molar-refractivity contribution is 0.0687. The molecule has 0 bridgehead atoms. The number of anilines is 1. The number of nitrogens with one attached hydrogen (secondary N) is 1. The van der Waals surface area contributed by atoms with E-state index in [1.54, 1.807) is 12.1 Å². The minimum Gasteiger partial charge on any atom is -0.504 e. The van der Waals surface area contributed by atoms with Gasteiger partial charge in [-0.3, -0.25) is 9.71 Å². The van der Waals surface area contributed by atoms with Crippen LogP contribution in [0, 0.1) is 5.82 Å². The fraction of sp³-hybridized carbons (Fsp3) is 0.167. The van der Waals surface area contributed by atoms with Crippen LogP contribution in [-0.4, -0.2) is 53.0 Å². The highest BCUT2D eigenvalue weighted by atomic mass is 32.2. The summed E-state index contributed by atoms with van der Waals surface area (Å²) in [7, 11) is -1.41. The summed E-state index contributed by atoms with van der Waals surface area (Å²) in [4.78, 5) is 19.3. The lowest BCUT2D eigenvalue weighted by Crippen LogP contribution is -2.29.